The number of allylic oxidation sites excluding steroid dienone is 1. The van der Waals surface area contributed by atoms with Crippen LogP contribution in [0, 0.1) is 6.92 Å². The van der Waals surface area contributed by atoms with Crippen LogP contribution in [-0.2, 0) is 12.0 Å². The van der Waals surface area contributed by atoms with Gasteiger partial charge in [0.1, 0.15) is 5.76 Å². The van der Waals surface area contributed by atoms with Gasteiger partial charge in [-0.25, -0.2) is 0 Å². The maximum atomic E-state index is 10.0. The van der Waals surface area contributed by atoms with Crippen molar-refractivity contribution < 1.29 is 5.11 Å². The molecular weight excluding hydrogens is 222 g/mol. The van der Waals surface area contributed by atoms with E-state index in [1.54, 1.807) is 0 Å². The van der Waals surface area contributed by atoms with Crippen molar-refractivity contribution in [3.63, 3.8) is 0 Å². The van der Waals surface area contributed by atoms with Crippen molar-refractivity contribution in [3.05, 3.63) is 47.9 Å². The maximum absolute atomic E-state index is 10.0. The Morgan fingerprint density at radius 2 is 2.11 bits per heavy atom. The van der Waals surface area contributed by atoms with Crippen LogP contribution in [0.15, 0.2) is 36.6 Å². The third kappa shape index (κ3) is 1.29. The van der Waals surface area contributed by atoms with E-state index in [0.717, 1.165) is 19.3 Å². The van der Waals surface area contributed by atoms with Gasteiger partial charge in [-0.1, -0.05) is 24.8 Å². The van der Waals surface area contributed by atoms with Gasteiger partial charge in [-0.3, -0.25) is 0 Å². The third-order valence-electron chi connectivity index (χ3n) is 4.44. The Bertz CT molecular complexity index is 638. The molecule has 0 spiro atoms. The minimum atomic E-state index is -0.360. The molecule has 0 bridgehead atoms. The molecule has 1 aliphatic heterocycles. The van der Waals surface area contributed by atoms with E-state index in [0.29, 0.717) is 0 Å². The van der Waals surface area contributed by atoms with Gasteiger partial charge < -0.3 is 9.67 Å². The fourth-order valence-corrected chi connectivity index (χ4v) is 3.30. The van der Waals surface area contributed by atoms with E-state index in [-0.39, 0.29) is 11.3 Å². The van der Waals surface area contributed by atoms with Crippen LogP contribution < -0.4 is 0 Å². The molecule has 94 valence electrons. The van der Waals surface area contributed by atoms with Crippen LogP contribution in [0.25, 0.3) is 10.9 Å². The summed E-state index contributed by atoms with van der Waals surface area (Å²) in [6, 6.07) is 8.44. The molecule has 0 saturated carbocycles. The molecule has 1 aromatic carbocycles. The topological polar surface area (TPSA) is 25.2 Å². The van der Waals surface area contributed by atoms with Gasteiger partial charge in [0.2, 0.25) is 0 Å². The molecule has 0 saturated heterocycles. The number of aromatic nitrogens is 1. The van der Waals surface area contributed by atoms with Gasteiger partial charge >= 0.3 is 0 Å². The quantitative estimate of drug-likeness (QED) is 0.748. The van der Waals surface area contributed by atoms with Crippen molar-refractivity contribution in [2.75, 3.05) is 0 Å². The average Bonchev–Trinajstić information content (AvgIpc) is 2.65. The molecule has 1 aliphatic rings. The van der Waals surface area contributed by atoms with Crippen molar-refractivity contribution in [1.82, 2.24) is 4.57 Å². The zero-order chi connectivity index (χ0) is 12.9. The Morgan fingerprint density at radius 1 is 1.39 bits per heavy atom. The van der Waals surface area contributed by atoms with Crippen LogP contribution in [0.4, 0.5) is 0 Å². The summed E-state index contributed by atoms with van der Waals surface area (Å²) < 4.78 is 2.30. The zero-order valence-electron chi connectivity index (χ0n) is 11.0. The lowest BCUT2D eigenvalue weighted by Gasteiger charge is -2.37. The van der Waals surface area contributed by atoms with Gasteiger partial charge in [-0.15, -0.1) is 0 Å². The largest absolute Gasteiger partial charge is 0.510 e. The monoisotopic (exact) mass is 241 g/mol. The Hall–Kier alpha value is -1.70. The van der Waals surface area contributed by atoms with Gasteiger partial charge in [-0.05, 0) is 44.7 Å². The first-order valence-electron chi connectivity index (χ1n) is 6.53. The normalized spacial score (nSPS) is 23.0. The highest BCUT2D eigenvalue weighted by Crippen LogP contribution is 2.41. The van der Waals surface area contributed by atoms with E-state index < -0.39 is 0 Å². The Kier molecular flexibility index (Phi) is 2.31. The first-order valence-corrected chi connectivity index (χ1v) is 6.53. The molecule has 1 N–H and O–H groups in total. The van der Waals surface area contributed by atoms with E-state index in [1.807, 2.05) is 0 Å². The first-order chi connectivity index (χ1) is 8.55. The lowest BCUT2D eigenvalue weighted by atomic mass is 9.88. The van der Waals surface area contributed by atoms with Crippen LogP contribution in [0.2, 0.25) is 0 Å². The predicted molar refractivity (Wildman–Crippen MR) is 75.0 cm³/mol. The van der Waals surface area contributed by atoms with E-state index in [9.17, 15) is 5.11 Å². The number of aryl methyl sites for hydroxylation is 1. The second-order valence-corrected chi connectivity index (χ2v) is 5.50. The molecule has 0 aliphatic carbocycles. The lowest BCUT2D eigenvalue weighted by Crippen LogP contribution is -2.36. The van der Waals surface area contributed by atoms with Gasteiger partial charge in [0.25, 0.3) is 0 Å². The van der Waals surface area contributed by atoms with Gasteiger partial charge in [0.15, 0.2) is 0 Å². The first kappa shape index (κ1) is 11.4. The molecule has 1 unspecified atom stereocenters. The predicted octanol–water partition coefficient (Wildman–Crippen LogP) is 4.07. The number of hydrogen-bond acceptors (Lipinski definition) is 1. The molecule has 2 nitrogen and oxygen atoms in total. The summed E-state index contributed by atoms with van der Waals surface area (Å²) in [6.45, 7) is 8.07. The Morgan fingerprint density at radius 3 is 2.83 bits per heavy atom. The highest BCUT2D eigenvalue weighted by Gasteiger charge is 2.36. The fourth-order valence-electron chi connectivity index (χ4n) is 3.30. The molecular formula is C16H19NO. The van der Waals surface area contributed by atoms with Crippen LogP contribution in [0.3, 0.4) is 0 Å². The summed E-state index contributed by atoms with van der Waals surface area (Å²) in [5.74, 6) is 0.268. The minimum absolute atomic E-state index is 0.268. The van der Waals surface area contributed by atoms with Gasteiger partial charge in [-0.2, -0.15) is 0 Å². The van der Waals surface area contributed by atoms with E-state index in [2.05, 4.69) is 49.3 Å². The number of aliphatic hydroxyl groups is 1. The van der Waals surface area contributed by atoms with Gasteiger partial charge in [0.05, 0.1) is 5.54 Å². The van der Waals surface area contributed by atoms with Crippen LogP contribution in [0.5, 0.6) is 0 Å². The molecule has 2 aromatic rings. The van der Waals surface area contributed by atoms with Crippen LogP contribution in [0.1, 0.15) is 31.0 Å². The minimum Gasteiger partial charge on any atom is -0.510 e. The number of para-hydroxylation sites is 1. The standard InChI is InChI=1S/C16H19NO/c1-11-13-7-4-5-8-15(13)17-14(11)9-6-10-16(17,3)12(2)18/h4-5,7-8,18H,2,6,9-10H2,1,3H3. The van der Waals surface area contributed by atoms with Crippen molar-refractivity contribution in [3.8, 4) is 0 Å². The molecule has 0 radical (unpaired) electrons. The van der Waals surface area contributed by atoms with Gasteiger partial charge in [0, 0.05) is 16.6 Å². The lowest BCUT2D eigenvalue weighted by molar-refractivity contribution is 0.209. The summed E-state index contributed by atoms with van der Waals surface area (Å²) in [7, 11) is 0. The second kappa shape index (κ2) is 3.64. The summed E-state index contributed by atoms with van der Waals surface area (Å²) in [6.07, 6.45) is 3.14. The second-order valence-electron chi connectivity index (χ2n) is 5.50. The summed E-state index contributed by atoms with van der Waals surface area (Å²) in [4.78, 5) is 0. The zero-order valence-corrected chi connectivity index (χ0v) is 11.0. The van der Waals surface area contributed by atoms with Crippen LogP contribution >= 0.6 is 0 Å². The van der Waals surface area contributed by atoms with E-state index in [4.69, 9.17) is 0 Å². The fraction of sp³-hybridized carbons (Fsp3) is 0.375. The highest BCUT2D eigenvalue weighted by molar-refractivity contribution is 5.86. The smallest absolute Gasteiger partial charge is 0.111 e. The van der Waals surface area contributed by atoms with Crippen molar-refractivity contribution in [2.24, 2.45) is 0 Å². The van der Waals surface area contributed by atoms with Crippen molar-refractivity contribution in [1.29, 1.82) is 0 Å². The number of nitrogens with zero attached hydrogens (tertiary/aromatic N) is 1. The summed E-state index contributed by atoms with van der Waals surface area (Å²) in [5, 5.41) is 11.3. The molecule has 0 amide bonds. The number of aliphatic hydroxyl groups excluding tert-OH is 1. The molecule has 18 heavy (non-hydrogen) atoms. The van der Waals surface area contributed by atoms with Crippen molar-refractivity contribution >= 4 is 10.9 Å². The van der Waals surface area contributed by atoms with Crippen molar-refractivity contribution in [2.45, 2.75) is 38.6 Å². The average molecular weight is 241 g/mol. The third-order valence-corrected chi connectivity index (χ3v) is 4.44. The SMILES string of the molecule is C=C(O)C1(C)CCCc2c(C)c3ccccc3n21. The highest BCUT2D eigenvalue weighted by atomic mass is 16.3. The van der Waals surface area contributed by atoms with E-state index in [1.165, 1.54) is 22.2 Å². The molecule has 2 heteroatoms. The Labute approximate surface area is 108 Å². The molecule has 0 fully saturated rings. The maximum Gasteiger partial charge on any atom is 0.111 e. The summed E-state index contributed by atoms with van der Waals surface area (Å²) in [5.41, 5.74) is 3.54. The summed E-state index contributed by atoms with van der Waals surface area (Å²) >= 11 is 0. The number of benzene rings is 1. The molecule has 3 rings (SSSR count). The molecule has 2 heterocycles. The Balaban J connectivity index is 2.42. The number of fused-ring (bicyclic) bond motifs is 3. The molecule has 1 aromatic heterocycles. The molecule has 1 atom stereocenters. The van der Waals surface area contributed by atoms with Crippen LogP contribution in [-0.4, -0.2) is 9.67 Å². The van der Waals surface area contributed by atoms with E-state index >= 15 is 0 Å². The number of rotatable bonds is 1. The number of hydrogen-bond donors (Lipinski definition) is 1.